The average molecular weight is 256 g/mol. The van der Waals surface area contributed by atoms with Gasteiger partial charge in [0.2, 0.25) is 5.88 Å². The van der Waals surface area contributed by atoms with Crippen LogP contribution in [0.5, 0.6) is 5.88 Å². The summed E-state index contributed by atoms with van der Waals surface area (Å²) in [5.41, 5.74) is 1.90. The van der Waals surface area contributed by atoms with Crippen molar-refractivity contribution >= 4 is 17.1 Å². The third-order valence-electron chi connectivity index (χ3n) is 4.10. The van der Waals surface area contributed by atoms with E-state index in [1.807, 2.05) is 42.1 Å². The van der Waals surface area contributed by atoms with E-state index in [-0.39, 0.29) is 0 Å². The Morgan fingerprint density at radius 2 is 1.95 bits per heavy atom. The van der Waals surface area contributed by atoms with Gasteiger partial charge in [0, 0.05) is 24.7 Å². The van der Waals surface area contributed by atoms with Crippen LogP contribution >= 0.6 is 0 Å². The van der Waals surface area contributed by atoms with Crippen LogP contribution in [0.4, 0.5) is 0 Å². The van der Waals surface area contributed by atoms with Gasteiger partial charge in [-0.15, -0.1) is 0 Å². The molecular formula is C16H20N2O. The van der Waals surface area contributed by atoms with Crippen molar-refractivity contribution in [2.45, 2.75) is 38.1 Å². The Morgan fingerprint density at radius 3 is 2.74 bits per heavy atom. The molecule has 0 aliphatic heterocycles. The molecule has 1 aromatic heterocycles. The first-order valence-electron chi connectivity index (χ1n) is 7.07. The highest BCUT2D eigenvalue weighted by molar-refractivity contribution is 6.02. The van der Waals surface area contributed by atoms with Crippen LogP contribution in [0.15, 0.2) is 29.3 Å². The highest BCUT2D eigenvalue weighted by Crippen LogP contribution is 2.29. The van der Waals surface area contributed by atoms with Crippen LogP contribution in [0, 0.1) is 0 Å². The lowest BCUT2D eigenvalue weighted by atomic mass is 9.96. The number of aromatic nitrogens is 1. The molecule has 1 aliphatic rings. The first-order chi connectivity index (χ1) is 9.27. The van der Waals surface area contributed by atoms with Crippen LogP contribution < -0.4 is 0 Å². The molecule has 0 bridgehead atoms. The zero-order chi connectivity index (χ0) is 13.2. The summed E-state index contributed by atoms with van der Waals surface area (Å²) in [5, 5.41) is 11.3. The summed E-state index contributed by atoms with van der Waals surface area (Å²) >= 11 is 0. The topological polar surface area (TPSA) is 37.5 Å². The van der Waals surface area contributed by atoms with Crippen molar-refractivity contribution in [3.63, 3.8) is 0 Å². The molecule has 3 rings (SSSR count). The fourth-order valence-electron chi connectivity index (χ4n) is 2.95. The Morgan fingerprint density at radius 1 is 1.21 bits per heavy atom. The minimum atomic E-state index is 0.306. The summed E-state index contributed by atoms with van der Waals surface area (Å²) in [6, 6.07) is 8.49. The van der Waals surface area contributed by atoms with Crippen LogP contribution in [-0.4, -0.2) is 21.9 Å². The molecule has 2 aromatic rings. The maximum absolute atomic E-state index is 10.2. The molecular weight excluding hydrogens is 236 g/mol. The molecule has 0 radical (unpaired) electrons. The summed E-state index contributed by atoms with van der Waals surface area (Å²) in [6.07, 6.45) is 8.14. The Labute approximate surface area is 113 Å². The number of aliphatic imine (C=N–C) groups is 1. The van der Waals surface area contributed by atoms with E-state index in [0.29, 0.717) is 11.9 Å². The first kappa shape index (κ1) is 12.3. The second-order valence-electron chi connectivity index (χ2n) is 5.38. The fourth-order valence-corrected chi connectivity index (χ4v) is 2.95. The zero-order valence-electron chi connectivity index (χ0n) is 11.3. The lowest BCUT2D eigenvalue weighted by Gasteiger charge is -2.16. The van der Waals surface area contributed by atoms with E-state index in [9.17, 15) is 5.11 Å². The molecule has 1 heterocycles. The number of nitrogens with zero attached hydrogens (tertiary/aromatic N) is 2. The number of para-hydroxylation sites is 1. The van der Waals surface area contributed by atoms with Gasteiger partial charge in [0.1, 0.15) is 0 Å². The Hall–Kier alpha value is -1.77. The van der Waals surface area contributed by atoms with Crippen molar-refractivity contribution in [1.82, 2.24) is 4.57 Å². The van der Waals surface area contributed by atoms with Gasteiger partial charge in [-0.2, -0.15) is 0 Å². The Kier molecular flexibility index (Phi) is 3.28. The van der Waals surface area contributed by atoms with E-state index < -0.39 is 0 Å². The monoisotopic (exact) mass is 256 g/mol. The number of benzene rings is 1. The van der Waals surface area contributed by atoms with Gasteiger partial charge in [-0.1, -0.05) is 37.5 Å². The number of rotatable bonds is 2. The molecule has 0 spiro atoms. The Balaban J connectivity index is 1.96. The molecule has 100 valence electrons. The van der Waals surface area contributed by atoms with Crippen LogP contribution in [0.3, 0.4) is 0 Å². The molecule has 19 heavy (non-hydrogen) atoms. The van der Waals surface area contributed by atoms with Crippen LogP contribution in [0.2, 0.25) is 0 Å². The van der Waals surface area contributed by atoms with E-state index in [4.69, 9.17) is 0 Å². The molecule has 0 amide bonds. The molecule has 0 atom stereocenters. The van der Waals surface area contributed by atoms with E-state index in [0.717, 1.165) is 16.5 Å². The first-order valence-corrected chi connectivity index (χ1v) is 7.07. The summed E-state index contributed by atoms with van der Waals surface area (Å²) in [7, 11) is 1.88. The van der Waals surface area contributed by atoms with Gasteiger partial charge in [-0.05, 0) is 18.9 Å². The molecule has 3 heteroatoms. The van der Waals surface area contributed by atoms with E-state index in [1.165, 1.54) is 32.1 Å². The number of hydrogen-bond acceptors (Lipinski definition) is 2. The van der Waals surface area contributed by atoms with Crippen molar-refractivity contribution in [2.24, 2.45) is 12.0 Å². The molecule has 0 saturated heterocycles. The number of fused-ring (bicyclic) bond motifs is 1. The predicted octanol–water partition coefficient (Wildman–Crippen LogP) is 3.64. The highest BCUT2D eigenvalue weighted by Gasteiger charge is 2.14. The van der Waals surface area contributed by atoms with Gasteiger partial charge in [-0.3, -0.25) is 4.99 Å². The second kappa shape index (κ2) is 5.08. The number of aromatic hydroxyl groups is 1. The van der Waals surface area contributed by atoms with Gasteiger partial charge in [0.05, 0.1) is 11.1 Å². The normalized spacial score (nSPS) is 17.5. The summed E-state index contributed by atoms with van der Waals surface area (Å²) < 4.78 is 1.82. The smallest absolute Gasteiger partial charge is 0.200 e. The van der Waals surface area contributed by atoms with Gasteiger partial charge in [-0.25, -0.2) is 0 Å². The lowest BCUT2D eigenvalue weighted by Crippen LogP contribution is -2.09. The molecule has 1 N–H and O–H groups in total. The van der Waals surface area contributed by atoms with E-state index >= 15 is 0 Å². The van der Waals surface area contributed by atoms with Crippen LogP contribution in [0.1, 0.15) is 37.7 Å². The van der Waals surface area contributed by atoms with Crippen molar-refractivity contribution in [1.29, 1.82) is 0 Å². The van der Waals surface area contributed by atoms with Gasteiger partial charge in [0.25, 0.3) is 0 Å². The predicted molar refractivity (Wildman–Crippen MR) is 79.1 cm³/mol. The average Bonchev–Trinajstić information content (AvgIpc) is 2.71. The van der Waals surface area contributed by atoms with E-state index in [2.05, 4.69) is 4.99 Å². The van der Waals surface area contributed by atoms with Gasteiger partial charge in [0.15, 0.2) is 0 Å². The minimum Gasteiger partial charge on any atom is -0.494 e. The fraction of sp³-hybridized carbons (Fsp3) is 0.438. The summed E-state index contributed by atoms with van der Waals surface area (Å²) in [5.74, 6) is 0.306. The maximum Gasteiger partial charge on any atom is 0.200 e. The molecule has 1 aliphatic carbocycles. The quantitative estimate of drug-likeness (QED) is 0.818. The standard InChI is InChI=1S/C16H20N2O/c1-18-15-10-6-5-9-13(15)14(16(18)19)11-17-12-7-3-2-4-8-12/h5-6,9-12,19H,2-4,7-8H2,1H3. The third-order valence-corrected chi connectivity index (χ3v) is 4.10. The highest BCUT2D eigenvalue weighted by atomic mass is 16.3. The van der Waals surface area contributed by atoms with Crippen molar-refractivity contribution in [3.05, 3.63) is 29.8 Å². The van der Waals surface area contributed by atoms with Crippen LogP contribution in [-0.2, 0) is 7.05 Å². The SMILES string of the molecule is Cn1c(O)c(C=NC2CCCCC2)c2ccccc21. The van der Waals surface area contributed by atoms with Gasteiger partial charge < -0.3 is 9.67 Å². The largest absolute Gasteiger partial charge is 0.494 e. The molecule has 3 nitrogen and oxygen atoms in total. The Bertz CT molecular complexity index is 606. The van der Waals surface area contributed by atoms with Crippen molar-refractivity contribution in [2.75, 3.05) is 0 Å². The molecule has 0 unspecified atom stereocenters. The molecule has 1 fully saturated rings. The van der Waals surface area contributed by atoms with Crippen molar-refractivity contribution in [3.8, 4) is 5.88 Å². The summed E-state index contributed by atoms with van der Waals surface area (Å²) in [4.78, 5) is 4.68. The number of aryl methyl sites for hydroxylation is 1. The third kappa shape index (κ3) is 2.25. The summed E-state index contributed by atoms with van der Waals surface area (Å²) in [6.45, 7) is 0. The maximum atomic E-state index is 10.2. The number of hydrogen-bond donors (Lipinski definition) is 1. The molecule has 1 saturated carbocycles. The van der Waals surface area contributed by atoms with Crippen LogP contribution in [0.25, 0.3) is 10.9 Å². The minimum absolute atomic E-state index is 0.306. The zero-order valence-corrected chi connectivity index (χ0v) is 11.3. The molecule has 1 aromatic carbocycles. The van der Waals surface area contributed by atoms with Gasteiger partial charge >= 0.3 is 0 Å². The lowest BCUT2D eigenvalue weighted by molar-refractivity contribution is 0.433. The van der Waals surface area contributed by atoms with Crippen molar-refractivity contribution < 1.29 is 5.11 Å². The van der Waals surface area contributed by atoms with E-state index in [1.54, 1.807) is 0 Å². The second-order valence-corrected chi connectivity index (χ2v) is 5.38.